The van der Waals surface area contributed by atoms with Crippen LogP contribution in [0.3, 0.4) is 0 Å². The second kappa shape index (κ2) is 7.49. The lowest BCUT2D eigenvalue weighted by Gasteiger charge is -2.29. The van der Waals surface area contributed by atoms with Crippen LogP contribution >= 0.6 is 0 Å². The van der Waals surface area contributed by atoms with Crippen molar-refractivity contribution in [2.75, 3.05) is 6.61 Å². The molecule has 1 fully saturated rings. The van der Waals surface area contributed by atoms with Gasteiger partial charge in [-0.25, -0.2) is 0 Å². The zero-order valence-electron chi connectivity index (χ0n) is 13.9. The van der Waals surface area contributed by atoms with E-state index in [0.29, 0.717) is 24.9 Å². The summed E-state index contributed by atoms with van der Waals surface area (Å²) in [5.74, 6) is 5.29. The third kappa shape index (κ3) is 3.57. The normalized spacial score (nSPS) is 19.3. The first kappa shape index (κ1) is 17.2. The zero-order chi connectivity index (χ0) is 17.8. The van der Waals surface area contributed by atoms with Gasteiger partial charge < -0.3 is 10.0 Å². The van der Waals surface area contributed by atoms with E-state index in [0.717, 1.165) is 24.0 Å². The molecule has 1 aromatic rings. The number of benzene rings is 1. The van der Waals surface area contributed by atoms with E-state index in [-0.39, 0.29) is 24.8 Å². The summed E-state index contributed by atoms with van der Waals surface area (Å²) >= 11 is 0. The van der Waals surface area contributed by atoms with E-state index in [9.17, 15) is 14.4 Å². The monoisotopic (exact) mass is 340 g/mol. The number of unbranched alkanes of at least 4 members (excludes halogenated alkanes) is 2. The lowest BCUT2D eigenvalue weighted by Crippen LogP contribution is -2.52. The van der Waals surface area contributed by atoms with Gasteiger partial charge in [-0.1, -0.05) is 17.9 Å². The van der Waals surface area contributed by atoms with E-state index in [2.05, 4.69) is 17.2 Å². The van der Waals surface area contributed by atoms with Crippen LogP contribution in [0.1, 0.15) is 53.6 Å². The van der Waals surface area contributed by atoms with E-state index in [4.69, 9.17) is 5.11 Å². The van der Waals surface area contributed by atoms with Gasteiger partial charge in [-0.05, 0) is 37.0 Å². The number of amides is 3. The fraction of sp³-hybridized carbons (Fsp3) is 0.421. The van der Waals surface area contributed by atoms with Crippen molar-refractivity contribution >= 4 is 17.7 Å². The summed E-state index contributed by atoms with van der Waals surface area (Å²) in [7, 11) is 0. The van der Waals surface area contributed by atoms with Crippen LogP contribution in [0.25, 0.3) is 0 Å². The number of hydrogen-bond acceptors (Lipinski definition) is 4. The van der Waals surface area contributed by atoms with Gasteiger partial charge in [0.05, 0.1) is 0 Å². The van der Waals surface area contributed by atoms with Gasteiger partial charge >= 0.3 is 0 Å². The summed E-state index contributed by atoms with van der Waals surface area (Å²) in [6, 6.07) is 4.81. The molecule has 1 atom stereocenters. The second-order valence-electron chi connectivity index (χ2n) is 6.21. The van der Waals surface area contributed by atoms with Crippen molar-refractivity contribution in [1.82, 2.24) is 10.2 Å². The molecule has 0 bridgehead atoms. The minimum atomic E-state index is -0.608. The fourth-order valence-electron chi connectivity index (χ4n) is 3.19. The zero-order valence-corrected chi connectivity index (χ0v) is 13.9. The molecule has 0 saturated carbocycles. The standard InChI is InChI=1S/C19H20N2O4/c22-11-4-2-1-3-6-13-7-5-8-14-15(13)12-21(19(14)25)16-9-10-17(23)20-18(16)24/h5,7-8,16,22H,1-2,4,9-12H2,(H,20,23,24). The van der Waals surface area contributed by atoms with Crippen molar-refractivity contribution in [2.24, 2.45) is 0 Å². The topological polar surface area (TPSA) is 86.7 Å². The van der Waals surface area contributed by atoms with Crippen LogP contribution in [-0.2, 0) is 16.1 Å². The van der Waals surface area contributed by atoms with Crippen LogP contribution in [0, 0.1) is 11.8 Å². The Hall–Kier alpha value is -2.65. The minimum absolute atomic E-state index is 0.165. The summed E-state index contributed by atoms with van der Waals surface area (Å²) in [6.07, 6.45) is 2.85. The highest BCUT2D eigenvalue weighted by Gasteiger charge is 2.39. The fourth-order valence-corrected chi connectivity index (χ4v) is 3.19. The predicted molar refractivity (Wildman–Crippen MR) is 90.3 cm³/mol. The van der Waals surface area contributed by atoms with Crippen molar-refractivity contribution in [3.63, 3.8) is 0 Å². The molecule has 2 heterocycles. The molecule has 130 valence electrons. The number of nitrogens with one attached hydrogen (secondary N) is 1. The van der Waals surface area contributed by atoms with Crippen LogP contribution in [-0.4, -0.2) is 40.4 Å². The number of aliphatic hydroxyl groups excluding tert-OH is 1. The number of carbonyl (C=O) groups excluding carboxylic acids is 3. The molecular weight excluding hydrogens is 320 g/mol. The maximum absolute atomic E-state index is 12.7. The van der Waals surface area contributed by atoms with E-state index < -0.39 is 11.9 Å². The van der Waals surface area contributed by atoms with Crippen LogP contribution in [0.5, 0.6) is 0 Å². The number of fused-ring (bicyclic) bond motifs is 1. The first-order valence-electron chi connectivity index (χ1n) is 8.48. The van der Waals surface area contributed by atoms with Crippen molar-refractivity contribution in [3.05, 3.63) is 34.9 Å². The number of aliphatic hydroxyl groups is 1. The number of hydrogen-bond donors (Lipinski definition) is 2. The van der Waals surface area contributed by atoms with Crippen molar-refractivity contribution in [2.45, 2.75) is 44.7 Å². The van der Waals surface area contributed by atoms with Gasteiger partial charge in [-0.15, -0.1) is 0 Å². The third-order valence-corrected chi connectivity index (χ3v) is 4.52. The van der Waals surface area contributed by atoms with Crippen LogP contribution in [0.4, 0.5) is 0 Å². The lowest BCUT2D eigenvalue weighted by molar-refractivity contribution is -0.136. The smallest absolute Gasteiger partial charge is 0.255 e. The lowest BCUT2D eigenvalue weighted by atomic mass is 10.0. The largest absolute Gasteiger partial charge is 0.396 e. The highest BCUT2D eigenvalue weighted by Crippen LogP contribution is 2.29. The Morgan fingerprint density at radius 3 is 2.84 bits per heavy atom. The summed E-state index contributed by atoms with van der Waals surface area (Å²) in [5.41, 5.74) is 2.21. The molecule has 0 aromatic heterocycles. The van der Waals surface area contributed by atoms with Crippen molar-refractivity contribution in [3.8, 4) is 11.8 Å². The highest BCUT2D eigenvalue weighted by molar-refractivity contribution is 6.05. The predicted octanol–water partition coefficient (Wildman–Crippen LogP) is 0.962. The molecular formula is C19H20N2O4. The van der Waals surface area contributed by atoms with Crippen LogP contribution in [0.15, 0.2) is 18.2 Å². The quantitative estimate of drug-likeness (QED) is 0.486. The van der Waals surface area contributed by atoms with Crippen molar-refractivity contribution < 1.29 is 19.5 Å². The van der Waals surface area contributed by atoms with Gasteiger partial charge in [0.25, 0.3) is 5.91 Å². The van der Waals surface area contributed by atoms with Gasteiger partial charge in [0, 0.05) is 37.1 Å². The second-order valence-corrected chi connectivity index (χ2v) is 6.21. The summed E-state index contributed by atoms with van der Waals surface area (Å²) in [6.45, 7) is 0.500. The molecule has 2 aliphatic heterocycles. The Labute approximate surface area is 146 Å². The number of piperidine rings is 1. The average Bonchev–Trinajstić information content (AvgIpc) is 2.92. The van der Waals surface area contributed by atoms with Gasteiger partial charge in [-0.3, -0.25) is 19.7 Å². The van der Waals surface area contributed by atoms with Crippen molar-refractivity contribution in [1.29, 1.82) is 0 Å². The van der Waals surface area contributed by atoms with Gasteiger partial charge in [0.2, 0.25) is 11.8 Å². The Morgan fingerprint density at radius 2 is 2.08 bits per heavy atom. The van der Waals surface area contributed by atoms with E-state index >= 15 is 0 Å². The molecule has 0 radical (unpaired) electrons. The first-order chi connectivity index (χ1) is 12.1. The summed E-state index contributed by atoms with van der Waals surface area (Å²) < 4.78 is 0. The summed E-state index contributed by atoms with van der Waals surface area (Å²) in [4.78, 5) is 37.6. The SMILES string of the molecule is O=C1CCC(N2Cc3c(C#CCCCCO)cccc3C2=O)C(=O)N1. The third-order valence-electron chi connectivity index (χ3n) is 4.52. The van der Waals surface area contributed by atoms with E-state index in [1.54, 1.807) is 12.1 Å². The molecule has 1 saturated heterocycles. The molecule has 6 heteroatoms. The summed E-state index contributed by atoms with van der Waals surface area (Å²) in [5, 5.41) is 11.1. The van der Waals surface area contributed by atoms with E-state index in [1.807, 2.05) is 6.07 Å². The van der Waals surface area contributed by atoms with Gasteiger partial charge in [-0.2, -0.15) is 0 Å². The Balaban J connectivity index is 1.78. The number of carbonyl (C=O) groups is 3. The van der Waals surface area contributed by atoms with Gasteiger partial charge in [0.15, 0.2) is 0 Å². The maximum atomic E-state index is 12.7. The minimum Gasteiger partial charge on any atom is -0.396 e. The number of rotatable bonds is 4. The Morgan fingerprint density at radius 1 is 1.24 bits per heavy atom. The molecule has 1 aromatic carbocycles. The molecule has 1 unspecified atom stereocenters. The van der Waals surface area contributed by atoms with Crippen LogP contribution < -0.4 is 5.32 Å². The molecule has 2 aliphatic rings. The molecule has 25 heavy (non-hydrogen) atoms. The number of imide groups is 1. The highest BCUT2D eigenvalue weighted by atomic mass is 16.3. The molecule has 3 rings (SSSR count). The first-order valence-corrected chi connectivity index (χ1v) is 8.48. The molecule has 0 aliphatic carbocycles. The maximum Gasteiger partial charge on any atom is 0.255 e. The average molecular weight is 340 g/mol. The molecule has 6 nitrogen and oxygen atoms in total. The van der Waals surface area contributed by atoms with Crippen LogP contribution in [0.2, 0.25) is 0 Å². The Bertz CT molecular complexity index is 775. The van der Waals surface area contributed by atoms with Gasteiger partial charge in [0.1, 0.15) is 6.04 Å². The Kier molecular flexibility index (Phi) is 5.15. The molecule has 2 N–H and O–H groups in total. The number of nitrogens with zero attached hydrogens (tertiary/aromatic N) is 1. The van der Waals surface area contributed by atoms with E-state index in [1.165, 1.54) is 4.90 Å². The molecule has 3 amide bonds. The molecule has 0 spiro atoms.